The first-order chi connectivity index (χ1) is 12.3. The Kier molecular flexibility index (Phi) is 4.01. The lowest BCUT2D eigenvalue weighted by atomic mass is 9.90. The highest BCUT2D eigenvalue weighted by Gasteiger charge is 2.34. The van der Waals surface area contributed by atoms with Crippen molar-refractivity contribution < 1.29 is 9.53 Å². The molecular formula is C21H18N2O2. The number of terminal acetylenes is 1. The summed E-state index contributed by atoms with van der Waals surface area (Å²) in [4.78, 5) is 15.9. The first kappa shape index (κ1) is 15.5. The van der Waals surface area contributed by atoms with E-state index in [1.807, 2.05) is 30.3 Å². The number of aromatic amines is 1. The van der Waals surface area contributed by atoms with Crippen LogP contribution in [0.5, 0.6) is 0 Å². The smallest absolute Gasteiger partial charge is 0.324 e. The largest absolute Gasteiger partial charge is 0.451 e. The zero-order chi connectivity index (χ0) is 17.2. The van der Waals surface area contributed by atoms with Gasteiger partial charge in [0.1, 0.15) is 6.04 Å². The molecule has 2 atom stereocenters. The molecule has 0 saturated carbocycles. The topological polar surface area (TPSA) is 54.1 Å². The van der Waals surface area contributed by atoms with Gasteiger partial charge < -0.3 is 9.72 Å². The molecule has 2 unspecified atom stereocenters. The van der Waals surface area contributed by atoms with E-state index in [-0.39, 0.29) is 18.6 Å². The lowest BCUT2D eigenvalue weighted by molar-refractivity contribution is -0.145. The van der Waals surface area contributed by atoms with Gasteiger partial charge in [0.05, 0.1) is 6.04 Å². The first-order valence-electron chi connectivity index (χ1n) is 8.28. The molecule has 1 aliphatic heterocycles. The maximum Gasteiger partial charge on any atom is 0.324 e. The minimum Gasteiger partial charge on any atom is -0.451 e. The SMILES string of the molecule is C#CCOC(=O)C1Cc2c([nH]c3ccccc23)C(c2ccccc2)N1. The predicted octanol–water partition coefficient (Wildman–Crippen LogP) is 2.95. The Morgan fingerprint density at radius 2 is 1.92 bits per heavy atom. The van der Waals surface area contributed by atoms with Crippen LogP contribution in [0.25, 0.3) is 10.9 Å². The number of nitrogens with one attached hydrogen (secondary N) is 2. The highest BCUT2D eigenvalue weighted by atomic mass is 16.5. The van der Waals surface area contributed by atoms with E-state index in [1.165, 1.54) is 0 Å². The summed E-state index contributed by atoms with van der Waals surface area (Å²) in [6, 6.07) is 17.7. The van der Waals surface area contributed by atoms with Crippen molar-refractivity contribution in [3.63, 3.8) is 0 Å². The summed E-state index contributed by atoms with van der Waals surface area (Å²) < 4.78 is 5.17. The summed E-state index contributed by atoms with van der Waals surface area (Å²) in [5.74, 6) is 2.04. The molecule has 124 valence electrons. The fourth-order valence-corrected chi connectivity index (χ4v) is 3.51. The third kappa shape index (κ3) is 2.79. The fourth-order valence-electron chi connectivity index (χ4n) is 3.51. The summed E-state index contributed by atoms with van der Waals surface area (Å²) in [6.07, 6.45) is 5.78. The number of para-hydroxylation sites is 1. The summed E-state index contributed by atoms with van der Waals surface area (Å²) >= 11 is 0. The lowest BCUT2D eigenvalue weighted by Crippen LogP contribution is -2.45. The molecule has 1 aromatic heterocycles. The van der Waals surface area contributed by atoms with E-state index < -0.39 is 6.04 Å². The molecule has 2 aromatic carbocycles. The minimum absolute atomic E-state index is 0.00619. The summed E-state index contributed by atoms with van der Waals surface area (Å²) in [5, 5.41) is 4.57. The molecule has 0 bridgehead atoms. The van der Waals surface area contributed by atoms with Gasteiger partial charge in [-0.2, -0.15) is 0 Å². The molecule has 4 nitrogen and oxygen atoms in total. The predicted molar refractivity (Wildman–Crippen MR) is 97.0 cm³/mol. The van der Waals surface area contributed by atoms with Crippen LogP contribution in [0.2, 0.25) is 0 Å². The second-order valence-corrected chi connectivity index (χ2v) is 6.14. The van der Waals surface area contributed by atoms with Crippen LogP contribution in [0.15, 0.2) is 54.6 Å². The normalized spacial score (nSPS) is 19.2. The van der Waals surface area contributed by atoms with E-state index in [1.54, 1.807) is 0 Å². The van der Waals surface area contributed by atoms with Crippen LogP contribution in [0, 0.1) is 12.3 Å². The average Bonchev–Trinajstić information content (AvgIpc) is 3.04. The number of ether oxygens (including phenoxy) is 1. The molecule has 2 heterocycles. The molecule has 1 aliphatic rings. The molecule has 25 heavy (non-hydrogen) atoms. The average molecular weight is 330 g/mol. The van der Waals surface area contributed by atoms with E-state index in [0.717, 1.165) is 27.7 Å². The number of carbonyl (C=O) groups excluding carboxylic acids is 1. The van der Waals surface area contributed by atoms with E-state index in [9.17, 15) is 4.79 Å². The summed E-state index contributed by atoms with van der Waals surface area (Å²) in [6.45, 7) is -0.00619. The van der Waals surface area contributed by atoms with Crippen molar-refractivity contribution in [1.29, 1.82) is 0 Å². The van der Waals surface area contributed by atoms with Crippen molar-refractivity contribution in [1.82, 2.24) is 10.3 Å². The van der Waals surface area contributed by atoms with Crippen LogP contribution in [0.1, 0.15) is 22.9 Å². The van der Waals surface area contributed by atoms with Gasteiger partial charge in [-0.25, -0.2) is 0 Å². The van der Waals surface area contributed by atoms with Crippen molar-refractivity contribution in [3.8, 4) is 12.3 Å². The summed E-state index contributed by atoms with van der Waals surface area (Å²) in [5.41, 5.74) is 4.44. The molecule has 2 N–H and O–H groups in total. The molecule has 0 saturated heterocycles. The number of benzene rings is 2. The van der Waals surface area contributed by atoms with Gasteiger partial charge in [-0.15, -0.1) is 6.42 Å². The molecule has 0 amide bonds. The Balaban J connectivity index is 1.79. The van der Waals surface area contributed by atoms with Crippen molar-refractivity contribution in [2.45, 2.75) is 18.5 Å². The zero-order valence-electron chi connectivity index (χ0n) is 13.7. The number of hydrogen-bond donors (Lipinski definition) is 2. The molecule has 0 radical (unpaired) electrons. The van der Waals surface area contributed by atoms with E-state index >= 15 is 0 Å². The van der Waals surface area contributed by atoms with E-state index in [2.05, 4.69) is 40.5 Å². The van der Waals surface area contributed by atoms with Gasteiger partial charge in [-0.05, 0) is 17.2 Å². The van der Waals surface area contributed by atoms with Crippen molar-refractivity contribution in [2.24, 2.45) is 0 Å². The van der Waals surface area contributed by atoms with Gasteiger partial charge >= 0.3 is 5.97 Å². The van der Waals surface area contributed by atoms with Crippen LogP contribution < -0.4 is 5.32 Å². The van der Waals surface area contributed by atoms with Gasteiger partial charge in [-0.1, -0.05) is 54.5 Å². The highest BCUT2D eigenvalue weighted by Crippen LogP contribution is 2.35. The molecule has 4 heteroatoms. The quantitative estimate of drug-likeness (QED) is 0.573. The van der Waals surface area contributed by atoms with Crippen LogP contribution >= 0.6 is 0 Å². The number of fused-ring (bicyclic) bond motifs is 3. The molecule has 0 aliphatic carbocycles. The van der Waals surface area contributed by atoms with Crippen LogP contribution in [-0.4, -0.2) is 23.6 Å². The van der Waals surface area contributed by atoms with Crippen LogP contribution in [-0.2, 0) is 16.0 Å². The van der Waals surface area contributed by atoms with E-state index in [0.29, 0.717) is 6.42 Å². The van der Waals surface area contributed by atoms with Crippen molar-refractivity contribution in [2.75, 3.05) is 6.61 Å². The van der Waals surface area contributed by atoms with Gasteiger partial charge in [0.15, 0.2) is 6.61 Å². The number of esters is 1. The lowest BCUT2D eigenvalue weighted by Gasteiger charge is -2.30. The minimum atomic E-state index is -0.426. The third-order valence-electron chi connectivity index (χ3n) is 4.63. The van der Waals surface area contributed by atoms with E-state index in [4.69, 9.17) is 11.2 Å². The van der Waals surface area contributed by atoms with Gasteiger partial charge in [0, 0.05) is 23.0 Å². The second-order valence-electron chi connectivity index (χ2n) is 6.14. The van der Waals surface area contributed by atoms with Crippen molar-refractivity contribution >= 4 is 16.9 Å². The van der Waals surface area contributed by atoms with Crippen molar-refractivity contribution in [3.05, 3.63) is 71.4 Å². The van der Waals surface area contributed by atoms with Gasteiger partial charge in [-0.3, -0.25) is 10.1 Å². The monoisotopic (exact) mass is 330 g/mol. The third-order valence-corrected chi connectivity index (χ3v) is 4.63. The number of H-pyrrole nitrogens is 1. The Hall–Kier alpha value is -3.03. The number of rotatable bonds is 3. The number of carbonyl (C=O) groups is 1. The fraction of sp³-hybridized carbons (Fsp3) is 0.190. The standard InChI is InChI=1S/C21H18N2O2/c1-2-12-25-21(24)18-13-16-15-10-6-7-11-17(15)22-20(16)19(23-18)14-8-4-3-5-9-14/h1,3-11,18-19,22-23H,12-13H2. The number of aromatic nitrogens is 1. The number of hydrogen-bond acceptors (Lipinski definition) is 3. The maximum atomic E-state index is 12.4. The Morgan fingerprint density at radius 3 is 2.72 bits per heavy atom. The second kappa shape index (κ2) is 6.46. The molecule has 0 spiro atoms. The first-order valence-corrected chi connectivity index (χ1v) is 8.28. The molecular weight excluding hydrogens is 312 g/mol. The molecule has 0 fully saturated rings. The molecule has 3 aromatic rings. The van der Waals surface area contributed by atoms with Crippen LogP contribution in [0.4, 0.5) is 0 Å². The Bertz CT molecular complexity index is 953. The Morgan fingerprint density at radius 1 is 1.16 bits per heavy atom. The van der Waals surface area contributed by atoms with Crippen LogP contribution in [0.3, 0.4) is 0 Å². The van der Waals surface area contributed by atoms with Gasteiger partial charge in [0.2, 0.25) is 0 Å². The maximum absolute atomic E-state index is 12.4. The van der Waals surface area contributed by atoms with Gasteiger partial charge in [0.25, 0.3) is 0 Å². The zero-order valence-corrected chi connectivity index (χ0v) is 13.7. The highest BCUT2D eigenvalue weighted by molar-refractivity contribution is 5.87. The molecule has 4 rings (SSSR count). The Labute approximate surface area is 146 Å². The summed E-state index contributed by atoms with van der Waals surface area (Å²) in [7, 11) is 0.